The second-order valence-corrected chi connectivity index (χ2v) is 8.89. The third-order valence-electron chi connectivity index (χ3n) is 5.69. The molecule has 1 N–H and O–H groups in total. The molecule has 1 amide bonds. The van der Waals surface area contributed by atoms with E-state index in [9.17, 15) is 9.59 Å². The van der Waals surface area contributed by atoms with Gasteiger partial charge < -0.3 is 10.1 Å². The second-order valence-electron chi connectivity index (χ2n) is 7.79. The lowest BCUT2D eigenvalue weighted by atomic mass is 9.91. The summed E-state index contributed by atoms with van der Waals surface area (Å²) in [6.07, 6.45) is 5.98. The number of fused-ring (bicyclic) bond motifs is 1. The summed E-state index contributed by atoms with van der Waals surface area (Å²) in [4.78, 5) is 29.4. The number of hydrogen-bond acceptors (Lipinski definition) is 6. The van der Waals surface area contributed by atoms with Crippen LogP contribution in [0.15, 0.2) is 24.3 Å². The number of anilines is 1. The number of carbonyl (C=O) groups is 2. The molecule has 30 heavy (non-hydrogen) atoms. The van der Waals surface area contributed by atoms with Gasteiger partial charge in [0.2, 0.25) is 5.91 Å². The Labute approximate surface area is 180 Å². The van der Waals surface area contributed by atoms with Gasteiger partial charge in [-0.3, -0.25) is 14.5 Å². The number of methoxy groups -OCH3 is 1. The van der Waals surface area contributed by atoms with E-state index in [-0.39, 0.29) is 24.8 Å². The van der Waals surface area contributed by atoms with E-state index in [1.807, 2.05) is 17.0 Å². The molecule has 0 atom stereocenters. The minimum absolute atomic E-state index is 0.113. The molecular formula is C23H25N3O3S. The lowest BCUT2D eigenvalue weighted by Gasteiger charge is -2.18. The number of amides is 1. The molecular weight excluding hydrogens is 398 g/mol. The minimum atomic E-state index is -0.176. The zero-order chi connectivity index (χ0) is 21.1. The van der Waals surface area contributed by atoms with Crippen LogP contribution in [-0.4, -0.2) is 42.8 Å². The topological polar surface area (TPSA) is 82.4 Å². The highest BCUT2D eigenvalue weighted by molar-refractivity contribution is 7.17. The van der Waals surface area contributed by atoms with Crippen molar-refractivity contribution in [2.45, 2.75) is 44.6 Å². The zero-order valence-electron chi connectivity index (χ0n) is 17.1. The number of ketones is 1. The Morgan fingerprint density at radius 1 is 1.27 bits per heavy atom. The predicted octanol–water partition coefficient (Wildman–Crippen LogP) is 3.79. The van der Waals surface area contributed by atoms with Gasteiger partial charge in [-0.15, -0.1) is 11.3 Å². The second kappa shape index (κ2) is 8.99. The summed E-state index contributed by atoms with van der Waals surface area (Å²) in [5.41, 5.74) is 2.17. The van der Waals surface area contributed by atoms with Crippen LogP contribution in [0.4, 0.5) is 5.00 Å². The maximum Gasteiger partial charge on any atom is 0.239 e. The van der Waals surface area contributed by atoms with Crippen molar-refractivity contribution < 1.29 is 14.3 Å². The molecule has 0 bridgehead atoms. The van der Waals surface area contributed by atoms with Gasteiger partial charge in [-0.2, -0.15) is 5.26 Å². The molecule has 156 valence electrons. The van der Waals surface area contributed by atoms with Crippen LogP contribution in [0, 0.1) is 11.3 Å². The summed E-state index contributed by atoms with van der Waals surface area (Å²) in [6, 6.07) is 9.66. The Kier molecular flexibility index (Phi) is 6.16. The van der Waals surface area contributed by atoms with Gasteiger partial charge in [0.05, 0.1) is 37.4 Å². The fourth-order valence-electron chi connectivity index (χ4n) is 4.06. The van der Waals surface area contributed by atoms with E-state index in [0.29, 0.717) is 27.9 Å². The molecule has 1 aromatic heterocycles. The van der Waals surface area contributed by atoms with E-state index >= 15 is 0 Å². The lowest BCUT2D eigenvalue weighted by Crippen LogP contribution is -2.35. The van der Waals surface area contributed by atoms with Crippen LogP contribution < -0.4 is 10.1 Å². The van der Waals surface area contributed by atoms with Crippen LogP contribution >= 0.6 is 11.3 Å². The highest BCUT2D eigenvalue weighted by Crippen LogP contribution is 2.40. The van der Waals surface area contributed by atoms with Crippen molar-refractivity contribution in [2.24, 2.45) is 0 Å². The number of nitrogens with zero attached hydrogens (tertiary/aromatic N) is 2. The van der Waals surface area contributed by atoms with Crippen molar-refractivity contribution in [3.05, 3.63) is 45.8 Å². The van der Waals surface area contributed by atoms with Gasteiger partial charge in [0.25, 0.3) is 0 Å². The normalized spacial score (nSPS) is 15.4. The minimum Gasteiger partial charge on any atom is -0.496 e. The standard InChI is InChI=1S/C23H25N3O3S/c1-29-18-8-4-2-6-16(18)22(28)21-17-7-3-5-9-19(17)30-23(21)25-20(27)14-26(13-12-24)15-10-11-15/h2,4,6,8,15H,3,5,7,9-11,13-14H2,1H3,(H,25,27). The molecule has 2 aliphatic carbocycles. The molecule has 2 aliphatic rings. The number of hydrogen-bond donors (Lipinski definition) is 1. The fourth-order valence-corrected chi connectivity index (χ4v) is 5.36. The van der Waals surface area contributed by atoms with E-state index in [0.717, 1.165) is 44.1 Å². The smallest absolute Gasteiger partial charge is 0.239 e. The van der Waals surface area contributed by atoms with Crippen molar-refractivity contribution in [1.82, 2.24) is 4.90 Å². The molecule has 1 saturated carbocycles. The van der Waals surface area contributed by atoms with Crippen LogP contribution in [0.1, 0.15) is 52.0 Å². The first-order valence-electron chi connectivity index (χ1n) is 10.4. The molecule has 0 unspecified atom stereocenters. The first-order valence-corrected chi connectivity index (χ1v) is 11.2. The Morgan fingerprint density at radius 3 is 2.77 bits per heavy atom. The average Bonchev–Trinajstić information content (AvgIpc) is 3.54. The number of aryl methyl sites for hydroxylation is 1. The van der Waals surface area contributed by atoms with Crippen molar-refractivity contribution in [3.8, 4) is 11.8 Å². The average molecular weight is 424 g/mol. The molecule has 6 nitrogen and oxygen atoms in total. The summed E-state index contributed by atoms with van der Waals surface area (Å²) in [7, 11) is 1.56. The number of nitrogens with one attached hydrogen (secondary N) is 1. The Balaban J connectivity index is 1.63. The van der Waals surface area contributed by atoms with Gasteiger partial charge >= 0.3 is 0 Å². The maximum atomic E-state index is 13.5. The highest BCUT2D eigenvalue weighted by atomic mass is 32.1. The number of rotatable bonds is 8. The zero-order valence-corrected chi connectivity index (χ0v) is 17.9. The van der Waals surface area contributed by atoms with Crippen LogP contribution in [0.5, 0.6) is 5.75 Å². The maximum absolute atomic E-state index is 13.5. The monoisotopic (exact) mass is 423 g/mol. The molecule has 2 aromatic rings. The van der Waals surface area contributed by atoms with Gasteiger partial charge in [-0.05, 0) is 56.2 Å². The summed E-state index contributed by atoms with van der Waals surface area (Å²) >= 11 is 1.51. The number of thiophene rings is 1. The molecule has 4 rings (SSSR count). The molecule has 0 spiro atoms. The van der Waals surface area contributed by atoms with Gasteiger partial charge in [0.1, 0.15) is 10.8 Å². The van der Waals surface area contributed by atoms with Crippen LogP contribution in [0.3, 0.4) is 0 Å². The summed E-state index contributed by atoms with van der Waals surface area (Å²) in [5, 5.41) is 12.7. The molecule has 0 saturated heterocycles. The quantitative estimate of drug-likeness (QED) is 0.516. The van der Waals surface area contributed by atoms with Gasteiger partial charge in [-0.25, -0.2) is 0 Å². The Bertz CT molecular complexity index is 1000. The first-order chi connectivity index (χ1) is 14.6. The molecule has 0 radical (unpaired) electrons. The molecule has 1 aromatic carbocycles. The van der Waals surface area contributed by atoms with Crippen LogP contribution in [0.25, 0.3) is 0 Å². The van der Waals surface area contributed by atoms with Crippen LogP contribution in [0.2, 0.25) is 0 Å². The van der Waals surface area contributed by atoms with E-state index in [4.69, 9.17) is 10.00 Å². The molecule has 7 heteroatoms. The van der Waals surface area contributed by atoms with E-state index in [1.54, 1.807) is 19.2 Å². The number of carbonyl (C=O) groups excluding carboxylic acids is 2. The number of nitriles is 1. The summed E-state index contributed by atoms with van der Waals surface area (Å²) in [6.45, 7) is 0.412. The first kappa shape index (κ1) is 20.6. The van der Waals surface area contributed by atoms with Gasteiger partial charge in [0.15, 0.2) is 5.78 Å². The van der Waals surface area contributed by atoms with Crippen molar-refractivity contribution >= 4 is 28.0 Å². The highest BCUT2D eigenvalue weighted by Gasteiger charge is 2.32. The lowest BCUT2D eigenvalue weighted by molar-refractivity contribution is -0.117. The van der Waals surface area contributed by atoms with E-state index < -0.39 is 0 Å². The van der Waals surface area contributed by atoms with Gasteiger partial charge in [-0.1, -0.05) is 12.1 Å². The van der Waals surface area contributed by atoms with E-state index in [1.165, 1.54) is 16.2 Å². The third-order valence-corrected chi connectivity index (χ3v) is 6.89. The third kappa shape index (κ3) is 4.25. The molecule has 1 heterocycles. The Hall–Kier alpha value is -2.69. The van der Waals surface area contributed by atoms with Crippen molar-refractivity contribution in [2.75, 3.05) is 25.5 Å². The van der Waals surface area contributed by atoms with Gasteiger partial charge in [0, 0.05) is 10.9 Å². The number of ether oxygens (including phenoxy) is 1. The molecule has 0 aliphatic heterocycles. The summed E-state index contributed by atoms with van der Waals surface area (Å²) in [5.74, 6) is 0.243. The molecule has 1 fully saturated rings. The largest absolute Gasteiger partial charge is 0.496 e. The fraction of sp³-hybridized carbons (Fsp3) is 0.435. The summed E-state index contributed by atoms with van der Waals surface area (Å²) < 4.78 is 5.40. The van der Waals surface area contributed by atoms with Crippen molar-refractivity contribution in [1.29, 1.82) is 5.26 Å². The Morgan fingerprint density at radius 2 is 2.03 bits per heavy atom. The SMILES string of the molecule is COc1ccccc1C(=O)c1c(NC(=O)CN(CC#N)C2CC2)sc2c1CCCC2. The predicted molar refractivity (Wildman–Crippen MR) is 116 cm³/mol. The van der Waals surface area contributed by atoms with Crippen molar-refractivity contribution in [3.63, 3.8) is 0 Å². The number of para-hydroxylation sites is 1. The number of benzene rings is 1. The van der Waals surface area contributed by atoms with Crippen LogP contribution in [-0.2, 0) is 17.6 Å². The van der Waals surface area contributed by atoms with E-state index in [2.05, 4.69) is 11.4 Å².